The number of nitrogens with zero attached hydrogens (tertiary/aromatic N) is 4. The van der Waals surface area contributed by atoms with Gasteiger partial charge >= 0.3 is 0 Å². The minimum Gasteiger partial charge on any atom is -0.356 e. The summed E-state index contributed by atoms with van der Waals surface area (Å²) < 4.78 is 0. The Hall–Kier alpha value is -1.35. The molecule has 3 rings (SSSR count). The van der Waals surface area contributed by atoms with E-state index in [9.17, 15) is 4.79 Å². The molecule has 1 amide bonds. The van der Waals surface area contributed by atoms with Crippen LogP contribution in [0.1, 0.15) is 37.8 Å². The van der Waals surface area contributed by atoms with Crippen LogP contribution in [0.5, 0.6) is 0 Å². The van der Waals surface area contributed by atoms with Crippen LogP contribution in [0, 0.1) is 5.92 Å². The SMILES string of the molecule is CN=C(NCCCC(=O)N1Cc2ccccc2C1)N1CCN(CC(C)C)CC1.I. The van der Waals surface area contributed by atoms with E-state index >= 15 is 0 Å². The molecule has 0 bridgehead atoms. The molecule has 0 spiro atoms. The van der Waals surface area contributed by atoms with Gasteiger partial charge in [-0.05, 0) is 23.5 Å². The Labute approximate surface area is 192 Å². The molecule has 2 aliphatic rings. The van der Waals surface area contributed by atoms with Crippen LogP contribution in [0.25, 0.3) is 0 Å². The maximum absolute atomic E-state index is 12.5. The highest BCUT2D eigenvalue weighted by atomic mass is 127. The zero-order valence-electron chi connectivity index (χ0n) is 18.1. The van der Waals surface area contributed by atoms with Gasteiger partial charge in [0.25, 0.3) is 0 Å². The summed E-state index contributed by atoms with van der Waals surface area (Å²) in [5, 5.41) is 3.44. The van der Waals surface area contributed by atoms with Gasteiger partial charge in [0.2, 0.25) is 5.91 Å². The molecule has 0 radical (unpaired) electrons. The van der Waals surface area contributed by atoms with Crippen molar-refractivity contribution >= 4 is 35.8 Å². The molecule has 7 heteroatoms. The van der Waals surface area contributed by atoms with Gasteiger partial charge in [-0.2, -0.15) is 0 Å². The predicted octanol–water partition coefficient (Wildman–Crippen LogP) is 2.78. The third-order valence-corrected chi connectivity index (χ3v) is 5.55. The van der Waals surface area contributed by atoms with Gasteiger partial charge in [0.15, 0.2) is 5.96 Å². The van der Waals surface area contributed by atoms with Gasteiger partial charge in [-0.15, -0.1) is 24.0 Å². The number of hydrogen-bond donors (Lipinski definition) is 1. The van der Waals surface area contributed by atoms with Crippen LogP contribution < -0.4 is 5.32 Å². The second-order valence-electron chi connectivity index (χ2n) is 8.28. The summed E-state index contributed by atoms with van der Waals surface area (Å²) in [4.78, 5) is 23.8. The highest BCUT2D eigenvalue weighted by molar-refractivity contribution is 14.0. The van der Waals surface area contributed by atoms with Crippen molar-refractivity contribution in [3.8, 4) is 0 Å². The van der Waals surface area contributed by atoms with E-state index in [1.54, 1.807) is 0 Å². The first-order chi connectivity index (χ1) is 13.6. The molecular weight excluding hydrogens is 477 g/mol. The number of fused-ring (bicyclic) bond motifs is 1. The van der Waals surface area contributed by atoms with Crippen LogP contribution in [-0.4, -0.2) is 72.9 Å². The maximum atomic E-state index is 12.5. The molecule has 1 aromatic carbocycles. The Morgan fingerprint density at radius 1 is 1.07 bits per heavy atom. The minimum atomic E-state index is 0. The molecule has 0 atom stereocenters. The number of carbonyl (C=O) groups is 1. The predicted molar refractivity (Wildman–Crippen MR) is 130 cm³/mol. The van der Waals surface area contributed by atoms with Crippen molar-refractivity contribution in [1.82, 2.24) is 20.0 Å². The number of aliphatic imine (C=N–C) groups is 1. The molecule has 6 nitrogen and oxygen atoms in total. The largest absolute Gasteiger partial charge is 0.356 e. The minimum absolute atomic E-state index is 0. The molecule has 0 aromatic heterocycles. The Balaban J connectivity index is 0.00000300. The highest BCUT2D eigenvalue weighted by Crippen LogP contribution is 2.22. The number of halogens is 1. The van der Waals surface area contributed by atoms with Crippen molar-refractivity contribution < 1.29 is 4.79 Å². The summed E-state index contributed by atoms with van der Waals surface area (Å²) in [6.07, 6.45) is 1.41. The van der Waals surface area contributed by atoms with Crippen LogP contribution in [-0.2, 0) is 17.9 Å². The zero-order valence-corrected chi connectivity index (χ0v) is 20.4. The number of hydrogen-bond acceptors (Lipinski definition) is 3. The number of carbonyl (C=O) groups excluding carboxylic acids is 1. The molecule has 0 saturated carbocycles. The lowest BCUT2D eigenvalue weighted by Crippen LogP contribution is -2.53. The first kappa shape index (κ1) is 23.9. The lowest BCUT2D eigenvalue weighted by molar-refractivity contribution is -0.131. The van der Waals surface area contributed by atoms with E-state index < -0.39 is 0 Å². The second kappa shape index (κ2) is 11.7. The van der Waals surface area contributed by atoms with E-state index in [2.05, 4.69) is 46.1 Å². The molecule has 2 aliphatic heterocycles. The molecule has 1 aromatic rings. The Morgan fingerprint density at radius 2 is 1.69 bits per heavy atom. The van der Waals surface area contributed by atoms with Crippen LogP contribution in [0.15, 0.2) is 29.3 Å². The van der Waals surface area contributed by atoms with Crippen molar-refractivity contribution in [3.63, 3.8) is 0 Å². The van der Waals surface area contributed by atoms with E-state index in [0.717, 1.165) is 58.2 Å². The first-order valence-electron chi connectivity index (χ1n) is 10.6. The Bertz CT molecular complexity index is 661. The lowest BCUT2D eigenvalue weighted by atomic mass is 10.1. The van der Waals surface area contributed by atoms with Gasteiger partial charge in [-0.3, -0.25) is 14.7 Å². The number of nitrogens with one attached hydrogen (secondary N) is 1. The average molecular weight is 513 g/mol. The topological polar surface area (TPSA) is 51.2 Å². The lowest BCUT2D eigenvalue weighted by Gasteiger charge is -2.37. The molecular formula is C22H36IN5O. The molecule has 2 heterocycles. The number of rotatable bonds is 6. The highest BCUT2D eigenvalue weighted by Gasteiger charge is 2.23. The van der Waals surface area contributed by atoms with Gasteiger partial charge in [-0.25, -0.2) is 0 Å². The van der Waals surface area contributed by atoms with Gasteiger partial charge < -0.3 is 15.1 Å². The summed E-state index contributed by atoms with van der Waals surface area (Å²) in [7, 11) is 1.84. The maximum Gasteiger partial charge on any atom is 0.223 e. The third-order valence-electron chi connectivity index (χ3n) is 5.55. The molecule has 162 valence electrons. The summed E-state index contributed by atoms with van der Waals surface area (Å²) in [5.41, 5.74) is 2.57. The summed E-state index contributed by atoms with van der Waals surface area (Å²) in [6, 6.07) is 8.33. The monoisotopic (exact) mass is 513 g/mol. The molecule has 1 fully saturated rings. The second-order valence-corrected chi connectivity index (χ2v) is 8.28. The third kappa shape index (κ3) is 6.84. The normalized spacial score (nSPS) is 17.3. The van der Waals surface area contributed by atoms with Crippen LogP contribution in [0.2, 0.25) is 0 Å². The Morgan fingerprint density at radius 3 is 2.24 bits per heavy atom. The fourth-order valence-electron chi connectivity index (χ4n) is 4.10. The first-order valence-corrected chi connectivity index (χ1v) is 10.6. The van der Waals surface area contributed by atoms with Gasteiger partial charge in [0.1, 0.15) is 0 Å². The number of guanidine groups is 1. The zero-order chi connectivity index (χ0) is 19.9. The number of piperazine rings is 1. The standard InChI is InChI=1S/C22H35N5O.HI/c1-18(2)15-25-11-13-26(14-12-25)22(23-3)24-10-6-9-21(28)27-16-19-7-4-5-8-20(19)17-27;/h4-5,7-8,18H,6,9-17H2,1-3H3,(H,23,24);1H. The summed E-state index contributed by atoms with van der Waals surface area (Å²) in [6.45, 7) is 12.2. The van der Waals surface area contributed by atoms with Crippen molar-refractivity contribution in [3.05, 3.63) is 35.4 Å². The van der Waals surface area contributed by atoms with E-state index in [1.165, 1.54) is 17.7 Å². The number of benzene rings is 1. The van der Waals surface area contributed by atoms with E-state index in [1.807, 2.05) is 24.1 Å². The van der Waals surface area contributed by atoms with Crippen LogP contribution in [0.4, 0.5) is 0 Å². The van der Waals surface area contributed by atoms with E-state index in [-0.39, 0.29) is 29.9 Å². The molecule has 1 N–H and O–H groups in total. The molecule has 0 aliphatic carbocycles. The van der Waals surface area contributed by atoms with Gasteiger partial charge in [-0.1, -0.05) is 38.1 Å². The quantitative estimate of drug-likeness (QED) is 0.275. The summed E-state index contributed by atoms with van der Waals surface area (Å²) in [5.74, 6) is 1.92. The average Bonchev–Trinajstić information content (AvgIpc) is 3.13. The van der Waals surface area contributed by atoms with Crippen molar-refractivity contribution in [2.24, 2.45) is 10.9 Å². The van der Waals surface area contributed by atoms with Crippen LogP contribution >= 0.6 is 24.0 Å². The molecule has 29 heavy (non-hydrogen) atoms. The van der Waals surface area contributed by atoms with Crippen molar-refractivity contribution in [2.45, 2.75) is 39.8 Å². The Kier molecular flexibility index (Phi) is 9.68. The van der Waals surface area contributed by atoms with Crippen molar-refractivity contribution in [1.29, 1.82) is 0 Å². The fourth-order valence-corrected chi connectivity index (χ4v) is 4.10. The molecule has 1 saturated heterocycles. The smallest absolute Gasteiger partial charge is 0.223 e. The van der Waals surface area contributed by atoms with Crippen LogP contribution in [0.3, 0.4) is 0 Å². The van der Waals surface area contributed by atoms with Gasteiger partial charge in [0.05, 0.1) is 0 Å². The van der Waals surface area contributed by atoms with Crippen molar-refractivity contribution in [2.75, 3.05) is 46.3 Å². The fraction of sp³-hybridized carbons (Fsp3) is 0.636. The van der Waals surface area contributed by atoms with Gasteiger partial charge in [0, 0.05) is 65.8 Å². The van der Waals surface area contributed by atoms with E-state index in [4.69, 9.17) is 0 Å². The number of amides is 1. The summed E-state index contributed by atoms with van der Waals surface area (Å²) >= 11 is 0. The molecule has 0 unspecified atom stereocenters. The van der Waals surface area contributed by atoms with E-state index in [0.29, 0.717) is 12.3 Å².